The summed E-state index contributed by atoms with van der Waals surface area (Å²) in [7, 11) is 0. The first-order chi connectivity index (χ1) is 13.3. The van der Waals surface area contributed by atoms with Gasteiger partial charge in [-0.1, -0.05) is 0 Å². The summed E-state index contributed by atoms with van der Waals surface area (Å²) in [6.07, 6.45) is 0.868. The summed E-state index contributed by atoms with van der Waals surface area (Å²) in [5.41, 5.74) is 1.49. The van der Waals surface area contributed by atoms with Crippen molar-refractivity contribution in [1.29, 1.82) is 0 Å². The van der Waals surface area contributed by atoms with Crippen LogP contribution in [0.25, 0.3) is 0 Å². The third kappa shape index (κ3) is 4.70. The van der Waals surface area contributed by atoms with Gasteiger partial charge in [0, 0.05) is 50.4 Å². The van der Waals surface area contributed by atoms with Crippen LogP contribution in [0.1, 0.15) is 25.8 Å². The quantitative estimate of drug-likeness (QED) is 0.758. The summed E-state index contributed by atoms with van der Waals surface area (Å²) in [4.78, 5) is 4.52. The van der Waals surface area contributed by atoms with E-state index in [0.717, 1.165) is 50.6 Å². The molecule has 0 bridgehead atoms. The Hall–Kier alpha value is -2.41. The molecule has 6 nitrogen and oxygen atoms in total. The monoisotopic (exact) mass is 391 g/mol. The molecule has 1 aromatic carbocycles. The number of benzene rings is 1. The van der Waals surface area contributed by atoms with Gasteiger partial charge in [0.2, 0.25) is 0 Å². The van der Waals surface area contributed by atoms with E-state index in [0.29, 0.717) is 12.1 Å². The fourth-order valence-electron chi connectivity index (χ4n) is 3.63. The van der Waals surface area contributed by atoms with Crippen LogP contribution in [0.5, 0.6) is 17.5 Å². The number of halogens is 1. The first-order valence-corrected chi connectivity index (χ1v) is 9.86. The van der Waals surface area contributed by atoms with Crippen molar-refractivity contribution in [3.63, 3.8) is 0 Å². The highest BCUT2D eigenvalue weighted by Crippen LogP contribution is 2.31. The Morgan fingerprint density at radius 2 is 1.79 bits per heavy atom. The Balaban J connectivity index is 1.53. The lowest BCUT2D eigenvalue weighted by molar-refractivity contribution is 0.234. The predicted molar refractivity (Wildman–Crippen MR) is 108 cm³/mol. The van der Waals surface area contributed by atoms with Gasteiger partial charge >= 0.3 is 0 Å². The van der Waals surface area contributed by atoms with Crippen LogP contribution < -0.4 is 9.64 Å². The molecule has 2 aromatic rings. The second-order valence-electron chi connectivity index (χ2n) is 7.62. The zero-order valence-corrected chi connectivity index (χ0v) is 16.9. The van der Waals surface area contributed by atoms with Crippen molar-refractivity contribution in [2.24, 2.45) is 0 Å². The van der Waals surface area contributed by atoms with Crippen LogP contribution in [0, 0.1) is 12.7 Å². The predicted octanol–water partition coefficient (Wildman–Crippen LogP) is 3.35. The minimum absolute atomic E-state index is 0.0376. The fourth-order valence-corrected chi connectivity index (χ4v) is 3.63. The minimum atomic E-state index is -0.254. The van der Waals surface area contributed by atoms with Crippen LogP contribution in [0.3, 0.4) is 0 Å². The molecule has 0 aliphatic carbocycles. The molecule has 0 unspecified atom stereocenters. The largest absolute Gasteiger partial charge is 0.494 e. The van der Waals surface area contributed by atoms with Gasteiger partial charge in [-0.2, -0.15) is 0 Å². The number of piperazine rings is 1. The zero-order valence-electron chi connectivity index (χ0n) is 16.9. The lowest BCUT2D eigenvalue weighted by atomic mass is 10.2. The zero-order chi connectivity index (χ0) is 20.3. The highest BCUT2D eigenvalue weighted by atomic mass is 19.1. The molecule has 0 radical (unpaired) electrons. The molecule has 1 aliphatic heterocycles. The van der Waals surface area contributed by atoms with Crippen molar-refractivity contribution in [1.82, 2.24) is 9.47 Å². The van der Waals surface area contributed by atoms with Crippen molar-refractivity contribution in [3.8, 4) is 17.5 Å². The molecular formula is C21H30FN3O3. The normalized spacial score (nSPS) is 15.4. The van der Waals surface area contributed by atoms with Gasteiger partial charge in [0.25, 0.3) is 0 Å². The highest BCUT2D eigenvalue weighted by Gasteiger charge is 2.21. The van der Waals surface area contributed by atoms with E-state index in [1.165, 1.54) is 10.6 Å². The van der Waals surface area contributed by atoms with Crippen LogP contribution in [-0.2, 0) is 6.54 Å². The van der Waals surface area contributed by atoms with Gasteiger partial charge in [0.15, 0.2) is 11.8 Å². The maximum absolute atomic E-state index is 13.8. The van der Waals surface area contributed by atoms with E-state index in [9.17, 15) is 14.6 Å². The van der Waals surface area contributed by atoms with Crippen LogP contribution in [0.2, 0.25) is 0 Å². The lowest BCUT2D eigenvalue weighted by Gasteiger charge is -2.37. The molecule has 1 aromatic heterocycles. The van der Waals surface area contributed by atoms with E-state index in [2.05, 4.69) is 9.80 Å². The molecule has 3 rings (SSSR count). The van der Waals surface area contributed by atoms with Gasteiger partial charge in [-0.15, -0.1) is 0 Å². The Labute approximate surface area is 165 Å². The number of aryl methyl sites for hydroxylation is 1. The van der Waals surface area contributed by atoms with Crippen LogP contribution in [0.15, 0.2) is 24.3 Å². The van der Waals surface area contributed by atoms with Crippen molar-refractivity contribution in [2.45, 2.75) is 39.8 Å². The first-order valence-electron chi connectivity index (χ1n) is 9.86. The number of hydrogen-bond acceptors (Lipinski definition) is 5. The van der Waals surface area contributed by atoms with Gasteiger partial charge in [-0.3, -0.25) is 9.47 Å². The first kappa shape index (κ1) is 20.3. The number of hydrogen-bond donors (Lipinski definition) is 2. The Kier molecular flexibility index (Phi) is 6.34. The maximum Gasteiger partial charge on any atom is 0.196 e. The van der Waals surface area contributed by atoms with Gasteiger partial charge in [-0.25, -0.2) is 4.39 Å². The third-order valence-electron chi connectivity index (χ3n) is 5.08. The Morgan fingerprint density at radius 1 is 1.07 bits per heavy atom. The standard InChI is InChI=1S/C21H30FN3O3/c1-15(2)28-19-6-5-17(22)14-18(19)24-11-9-23(10-12-24)7-4-8-25-20(26)13-16(3)21(25)27/h5-6,13-15,26-27H,4,7-12H2,1-3H3. The van der Waals surface area contributed by atoms with Gasteiger partial charge in [-0.05, 0) is 45.9 Å². The maximum atomic E-state index is 13.8. The Bertz CT molecular complexity index is 798. The van der Waals surface area contributed by atoms with Crippen molar-refractivity contribution < 1.29 is 19.3 Å². The van der Waals surface area contributed by atoms with Crippen LogP contribution >= 0.6 is 0 Å². The summed E-state index contributed by atoms with van der Waals surface area (Å²) in [6.45, 7) is 10.5. The fraction of sp³-hybridized carbons (Fsp3) is 0.524. The number of ether oxygens (including phenoxy) is 1. The van der Waals surface area contributed by atoms with E-state index in [-0.39, 0.29) is 23.7 Å². The molecule has 1 saturated heterocycles. The lowest BCUT2D eigenvalue weighted by Crippen LogP contribution is -2.47. The molecule has 2 heterocycles. The topological polar surface area (TPSA) is 61.1 Å². The second kappa shape index (κ2) is 8.73. The molecule has 1 fully saturated rings. The van der Waals surface area contributed by atoms with Crippen molar-refractivity contribution in [2.75, 3.05) is 37.6 Å². The number of aromatic hydroxyl groups is 2. The number of aromatic nitrogens is 1. The van der Waals surface area contributed by atoms with Crippen LogP contribution in [-0.4, -0.2) is 58.5 Å². The molecular weight excluding hydrogens is 361 g/mol. The van der Waals surface area contributed by atoms with E-state index < -0.39 is 0 Å². The molecule has 7 heteroatoms. The smallest absolute Gasteiger partial charge is 0.196 e. The van der Waals surface area contributed by atoms with E-state index in [1.807, 2.05) is 13.8 Å². The third-order valence-corrected chi connectivity index (χ3v) is 5.08. The van der Waals surface area contributed by atoms with Crippen molar-refractivity contribution >= 4 is 5.69 Å². The van der Waals surface area contributed by atoms with Crippen LogP contribution in [0.4, 0.5) is 10.1 Å². The second-order valence-corrected chi connectivity index (χ2v) is 7.62. The van der Waals surface area contributed by atoms with E-state index in [4.69, 9.17) is 4.74 Å². The van der Waals surface area contributed by atoms with Gasteiger partial charge in [0.05, 0.1) is 11.8 Å². The molecule has 2 N–H and O–H groups in total. The molecule has 0 atom stereocenters. The number of rotatable bonds is 7. The molecule has 0 saturated carbocycles. The summed E-state index contributed by atoms with van der Waals surface area (Å²) in [5.74, 6) is 0.698. The van der Waals surface area contributed by atoms with Gasteiger partial charge < -0.3 is 19.8 Å². The number of anilines is 1. The average Bonchev–Trinajstić information content (AvgIpc) is 2.89. The van der Waals surface area contributed by atoms with E-state index >= 15 is 0 Å². The average molecular weight is 391 g/mol. The summed E-state index contributed by atoms with van der Waals surface area (Å²) in [5, 5.41) is 19.8. The molecule has 0 amide bonds. The van der Waals surface area contributed by atoms with E-state index in [1.54, 1.807) is 25.1 Å². The summed E-state index contributed by atoms with van der Waals surface area (Å²) < 4.78 is 21.2. The molecule has 154 valence electrons. The SMILES string of the molecule is Cc1cc(O)n(CCCN2CCN(c3cc(F)ccc3OC(C)C)CC2)c1O. The molecule has 1 aliphatic rings. The van der Waals surface area contributed by atoms with Gasteiger partial charge in [0.1, 0.15) is 11.6 Å². The molecule has 0 spiro atoms. The van der Waals surface area contributed by atoms with Crippen molar-refractivity contribution in [3.05, 3.63) is 35.6 Å². The highest BCUT2D eigenvalue weighted by molar-refractivity contribution is 5.59. The molecule has 28 heavy (non-hydrogen) atoms. The number of nitrogens with zero attached hydrogens (tertiary/aromatic N) is 3. The minimum Gasteiger partial charge on any atom is -0.494 e. The summed E-state index contributed by atoms with van der Waals surface area (Å²) in [6, 6.07) is 6.26. The Morgan fingerprint density at radius 3 is 2.39 bits per heavy atom. The summed E-state index contributed by atoms with van der Waals surface area (Å²) >= 11 is 0.